The number of hydrogen-bond donors (Lipinski definition) is 1. The molecule has 0 aliphatic heterocycles. The number of rotatable bonds is 7. The van der Waals surface area contributed by atoms with Gasteiger partial charge in [0.05, 0.1) is 6.10 Å². The zero-order valence-corrected chi connectivity index (χ0v) is 13.8. The van der Waals surface area contributed by atoms with Crippen molar-refractivity contribution < 1.29 is 9.90 Å². The topological polar surface area (TPSA) is 37.3 Å². The molecule has 0 spiro atoms. The van der Waals surface area contributed by atoms with Gasteiger partial charge < -0.3 is 5.11 Å². The molecule has 2 aromatic carbocycles. The van der Waals surface area contributed by atoms with Gasteiger partial charge in [0.2, 0.25) is 0 Å². The maximum absolute atomic E-state index is 12.1. The fraction of sp³-hybridized carbons (Fsp3) is 0.350. The molecule has 3 rings (SSSR count). The maximum atomic E-state index is 12.1. The highest BCUT2D eigenvalue weighted by Gasteiger charge is 2.25. The van der Waals surface area contributed by atoms with E-state index in [-0.39, 0.29) is 5.78 Å². The van der Waals surface area contributed by atoms with Crippen LogP contribution in [0.2, 0.25) is 5.02 Å². The maximum Gasteiger partial charge on any atom is 0.162 e. The number of aliphatic hydroxyl groups is 1. The van der Waals surface area contributed by atoms with Gasteiger partial charge in [0.15, 0.2) is 5.78 Å². The molecule has 120 valence electrons. The van der Waals surface area contributed by atoms with E-state index >= 15 is 0 Å². The Hall–Kier alpha value is -1.64. The van der Waals surface area contributed by atoms with Gasteiger partial charge in [-0.05, 0) is 67.0 Å². The van der Waals surface area contributed by atoms with Gasteiger partial charge in [-0.3, -0.25) is 4.79 Å². The second kappa shape index (κ2) is 7.29. The van der Waals surface area contributed by atoms with E-state index in [2.05, 4.69) is 24.3 Å². The summed E-state index contributed by atoms with van der Waals surface area (Å²) in [5.74, 6) is 0.641. The van der Waals surface area contributed by atoms with Gasteiger partial charge in [-0.25, -0.2) is 0 Å². The summed E-state index contributed by atoms with van der Waals surface area (Å²) in [6.07, 6.45) is 3.37. The summed E-state index contributed by atoms with van der Waals surface area (Å²) >= 11 is 5.82. The molecule has 0 bridgehead atoms. The number of fused-ring (bicyclic) bond motifs is 1. The van der Waals surface area contributed by atoms with Crippen molar-refractivity contribution in [2.24, 2.45) is 0 Å². The molecule has 0 amide bonds. The monoisotopic (exact) mass is 328 g/mol. The first-order chi connectivity index (χ1) is 11.1. The molecule has 1 aliphatic carbocycles. The average molecular weight is 329 g/mol. The third-order valence-corrected chi connectivity index (χ3v) is 4.93. The Labute approximate surface area is 142 Å². The lowest BCUT2D eigenvalue weighted by Crippen LogP contribution is -2.19. The van der Waals surface area contributed by atoms with Gasteiger partial charge in [-0.2, -0.15) is 0 Å². The lowest BCUT2D eigenvalue weighted by Gasteiger charge is -2.30. The highest BCUT2D eigenvalue weighted by molar-refractivity contribution is 6.30. The Bertz CT molecular complexity index is 678. The summed E-state index contributed by atoms with van der Waals surface area (Å²) in [5, 5.41) is 10.8. The summed E-state index contributed by atoms with van der Waals surface area (Å²) in [6.45, 7) is 0. The zero-order valence-electron chi connectivity index (χ0n) is 13.0. The van der Waals surface area contributed by atoms with Gasteiger partial charge >= 0.3 is 0 Å². The standard InChI is InChI=1S/C20H21ClO2/c21-17-8-5-14(6-9-17)20(23)12-11-18(22)10-7-16-13-15-3-1-2-4-19(15)16/h1-6,8-9,16,18,22H,7,10-13H2. The second-order valence-corrected chi connectivity index (χ2v) is 6.74. The van der Waals surface area contributed by atoms with Gasteiger partial charge in [-0.1, -0.05) is 35.9 Å². The van der Waals surface area contributed by atoms with Crippen molar-refractivity contribution in [1.82, 2.24) is 0 Å². The minimum Gasteiger partial charge on any atom is -0.393 e. The highest BCUT2D eigenvalue weighted by atomic mass is 35.5. The van der Waals surface area contributed by atoms with Crippen LogP contribution in [0.5, 0.6) is 0 Å². The zero-order chi connectivity index (χ0) is 16.2. The first-order valence-corrected chi connectivity index (χ1v) is 8.56. The van der Waals surface area contributed by atoms with Crippen LogP contribution in [0, 0.1) is 0 Å². The van der Waals surface area contributed by atoms with Crippen LogP contribution in [0.15, 0.2) is 48.5 Å². The smallest absolute Gasteiger partial charge is 0.162 e. The molecule has 1 aliphatic rings. The van der Waals surface area contributed by atoms with Crippen LogP contribution in [0.4, 0.5) is 0 Å². The Morgan fingerprint density at radius 2 is 1.87 bits per heavy atom. The molecule has 23 heavy (non-hydrogen) atoms. The van der Waals surface area contributed by atoms with E-state index in [1.165, 1.54) is 11.1 Å². The van der Waals surface area contributed by atoms with Gasteiger partial charge in [-0.15, -0.1) is 0 Å². The van der Waals surface area contributed by atoms with Crippen LogP contribution < -0.4 is 0 Å². The molecule has 0 radical (unpaired) electrons. The first-order valence-electron chi connectivity index (χ1n) is 8.18. The molecule has 2 atom stereocenters. The van der Waals surface area contributed by atoms with Crippen molar-refractivity contribution in [2.45, 2.75) is 44.1 Å². The number of benzene rings is 2. The largest absolute Gasteiger partial charge is 0.393 e. The van der Waals surface area contributed by atoms with Crippen molar-refractivity contribution in [2.75, 3.05) is 0 Å². The predicted molar refractivity (Wildman–Crippen MR) is 93.1 cm³/mol. The number of halogens is 1. The minimum atomic E-state index is -0.404. The van der Waals surface area contributed by atoms with Crippen molar-refractivity contribution in [3.63, 3.8) is 0 Å². The molecule has 0 saturated heterocycles. The molecule has 2 nitrogen and oxygen atoms in total. The van der Waals surface area contributed by atoms with Crippen LogP contribution in [0.1, 0.15) is 53.1 Å². The molecule has 1 N–H and O–H groups in total. The average Bonchev–Trinajstić information content (AvgIpc) is 2.54. The SMILES string of the molecule is O=C(CCC(O)CCC1Cc2ccccc21)c1ccc(Cl)cc1. The molecule has 0 saturated carbocycles. The van der Waals surface area contributed by atoms with Crippen LogP contribution in [-0.2, 0) is 6.42 Å². The predicted octanol–water partition coefficient (Wildman–Crippen LogP) is 4.78. The molecule has 2 unspecified atom stereocenters. The van der Waals surface area contributed by atoms with E-state index in [0.717, 1.165) is 19.3 Å². The molecular weight excluding hydrogens is 308 g/mol. The van der Waals surface area contributed by atoms with Crippen LogP contribution in [0.3, 0.4) is 0 Å². The molecule has 3 heteroatoms. The van der Waals surface area contributed by atoms with E-state index in [0.29, 0.717) is 29.3 Å². The van der Waals surface area contributed by atoms with Gasteiger partial charge in [0.1, 0.15) is 0 Å². The quantitative estimate of drug-likeness (QED) is 0.742. The second-order valence-electron chi connectivity index (χ2n) is 6.30. The van der Waals surface area contributed by atoms with E-state index < -0.39 is 6.10 Å². The molecule has 0 heterocycles. The van der Waals surface area contributed by atoms with Crippen LogP contribution in [-0.4, -0.2) is 17.0 Å². The van der Waals surface area contributed by atoms with Crippen molar-refractivity contribution in [1.29, 1.82) is 0 Å². The first kappa shape index (κ1) is 16.2. The van der Waals surface area contributed by atoms with E-state index in [1.54, 1.807) is 24.3 Å². The Morgan fingerprint density at radius 1 is 1.13 bits per heavy atom. The minimum absolute atomic E-state index is 0.0645. The third-order valence-electron chi connectivity index (χ3n) is 4.68. The van der Waals surface area contributed by atoms with Crippen molar-refractivity contribution >= 4 is 17.4 Å². The van der Waals surface area contributed by atoms with E-state index in [9.17, 15) is 9.90 Å². The van der Waals surface area contributed by atoms with Crippen LogP contribution in [0.25, 0.3) is 0 Å². The fourth-order valence-corrected chi connectivity index (χ4v) is 3.36. The number of carbonyl (C=O) groups excluding carboxylic acids is 1. The van der Waals surface area contributed by atoms with Crippen molar-refractivity contribution in [3.05, 3.63) is 70.2 Å². The van der Waals surface area contributed by atoms with E-state index in [1.807, 2.05) is 0 Å². The third kappa shape index (κ3) is 4.01. The molecular formula is C20H21ClO2. The number of ketones is 1. The van der Waals surface area contributed by atoms with Crippen molar-refractivity contribution in [3.8, 4) is 0 Å². The Kier molecular flexibility index (Phi) is 5.14. The normalized spacial score (nSPS) is 17.2. The number of Topliss-reactive ketones (excluding diaryl/α,β-unsaturated/α-hetero) is 1. The Balaban J connectivity index is 1.41. The number of carbonyl (C=O) groups is 1. The summed E-state index contributed by atoms with van der Waals surface area (Å²) in [5.41, 5.74) is 3.52. The summed E-state index contributed by atoms with van der Waals surface area (Å²) in [4.78, 5) is 12.1. The molecule has 2 aromatic rings. The summed E-state index contributed by atoms with van der Waals surface area (Å²) in [6, 6.07) is 15.4. The molecule has 0 fully saturated rings. The fourth-order valence-electron chi connectivity index (χ4n) is 3.24. The number of hydrogen-bond acceptors (Lipinski definition) is 2. The highest BCUT2D eigenvalue weighted by Crippen LogP contribution is 2.38. The lowest BCUT2D eigenvalue weighted by molar-refractivity contribution is 0.0929. The van der Waals surface area contributed by atoms with Gasteiger partial charge in [0, 0.05) is 17.0 Å². The lowest BCUT2D eigenvalue weighted by atomic mass is 9.75. The van der Waals surface area contributed by atoms with Gasteiger partial charge in [0.25, 0.3) is 0 Å². The summed E-state index contributed by atoms with van der Waals surface area (Å²) in [7, 11) is 0. The Morgan fingerprint density at radius 3 is 2.61 bits per heavy atom. The van der Waals surface area contributed by atoms with E-state index in [4.69, 9.17) is 11.6 Å². The molecule has 0 aromatic heterocycles. The number of aliphatic hydroxyl groups excluding tert-OH is 1. The van der Waals surface area contributed by atoms with Crippen LogP contribution >= 0.6 is 11.6 Å². The summed E-state index contributed by atoms with van der Waals surface area (Å²) < 4.78 is 0.